The normalized spacial score (nSPS) is 22.0. The molecule has 1 unspecified atom stereocenters. The SMILES string of the molecule is CCNC(=NCC1(c2cccc(C)c2)CCCC1)N1CCC(COC)C1.I. The molecule has 1 aliphatic carbocycles. The smallest absolute Gasteiger partial charge is 0.193 e. The summed E-state index contributed by atoms with van der Waals surface area (Å²) < 4.78 is 5.35. The Morgan fingerprint density at radius 3 is 2.78 bits per heavy atom. The van der Waals surface area contributed by atoms with E-state index in [4.69, 9.17) is 9.73 Å². The van der Waals surface area contributed by atoms with Gasteiger partial charge in [-0.1, -0.05) is 42.7 Å². The van der Waals surface area contributed by atoms with Gasteiger partial charge in [0.25, 0.3) is 0 Å². The largest absolute Gasteiger partial charge is 0.384 e. The summed E-state index contributed by atoms with van der Waals surface area (Å²) in [5.74, 6) is 1.71. The van der Waals surface area contributed by atoms with Crippen LogP contribution in [0, 0.1) is 12.8 Å². The number of aryl methyl sites for hydroxylation is 1. The molecule has 0 spiro atoms. The second-order valence-electron chi connectivity index (χ2n) is 8.08. The minimum absolute atomic E-state index is 0. The van der Waals surface area contributed by atoms with Crippen molar-refractivity contribution in [1.29, 1.82) is 0 Å². The Hall–Kier alpha value is -0.820. The van der Waals surface area contributed by atoms with Crippen molar-refractivity contribution in [2.45, 2.75) is 51.4 Å². The van der Waals surface area contributed by atoms with E-state index in [1.165, 1.54) is 43.2 Å². The van der Waals surface area contributed by atoms with Gasteiger partial charge in [0.15, 0.2) is 5.96 Å². The van der Waals surface area contributed by atoms with Crippen LogP contribution in [-0.4, -0.2) is 50.8 Å². The van der Waals surface area contributed by atoms with E-state index in [1.54, 1.807) is 7.11 Å². The van der Waals surface area contributed by atoms with E-state index in [0.29, 0.717) is 5.92 Å². The van der Waals surface area contributed by atoms with Crippen molar-refractivity contribution < 1.29 is 4.74 Å². The molecular formula is C22H36IN3O. The summed E-state index contributed by atoms with van der Waals surface area (Å²) in [6, 6.07) is 9.08. The summed E-state index contributed by atoms with van der Waals surface area (Å²) >= 11 is 0. The maximum Gasteiger partial charge on any atom is 0.193 e. The van der Waals surface area contributed by atoms with E-state index in [2.05, 4.69) is 48.3 Å². The predicted molar refractivity (Wildman–Crippen MR) is 124 cm³/mol. The molecule has 1 aromatic rings. The number of nitrogens with one attached hydrogen (secondary N) is 1. The van der Waals surface area contributed by atoms with Crippen molar-refractivity contribution in [1.82, 2.24) is 10.2 Å². The standard InChI is InChI=1S/C22H35N3O.HI/c1-4-23-21(25-13-10-19(15-25)16-26-3)24-17-22(11-5-6-12-22)20-9-7-8-18(2)14-20;/h7-9,14,19H,4-6,10-13,15-17H2,1-3H3,(H,23,24);1H. The molecule has 1 saturated heterocycles. The highest BCUT2D eigenvalue weighted by atomic mass is 127. The van der Waals surface area contributed by atoms with E-state index in [0.717, 1.165) is 38.7 Å². The molecule has 4 nitrogen and oxygen atoms in total. The number of halogens is 1. The first-order chi connectivity index (χ1) is 12.7. The van der Waals surface area contributed by atoms with Crippen molar-refractivity contribution in [3.05, 3.63) is 35.4 Å². The molecule has 1 N–H and O–H groups in total. The molecular weight excluding hydrogens is 449 g/mol. The molecule has 5 heteroatoms. The Morgan fingerprint density at radius 2 is 2.11 bits per heavy atom. The van der Waals surface area contributed by atoms with Crippen LogP contribution < -0.4 is 5.32 Å². The molecule has 1 aromatic carbocycles. The van der Waals surface area contributed by atoms with Crippen molar-refractivity contribution >= 4 is 29.9 Å². The molecule has 1 heterocycles. The van der Waals surface area contributed by atoms with Crippen LogP contribution in [0.15, 0.2) is 29.3 Å². The van der Waals surface area contributed by atoms with Gasteiger partial charge in [-0.2, -0.15) is 0 Å². The van der Waals surface area contributed by atoms with Crippen molar-refractivity contribution in [3.8, 4) is 0 Å². The first-order valence-corrected chi connectivity index (χ1v) is 10.3. The van der Waals surface area contributed by atoms with Gasteiger partial charge >= 0.3 is 0 Å². The fourth-order valence-corrected chi connectivity index (χ4v) is 4.61. The van der Waals surface area contributed by atoms with Crippen LogP contribution in [0.2, 0.25) is 0 Å². The van der Waals surface area contributed by atoms with Crippen LogP contribution in [0.3, 0.4) is 0 Å². The molecule has 0 aromatic heterocycles. The van der Waals surface area contributed by atoms with Crippen LogP contribution in [-0.2, 0) is 10.2 Å². The number of benzene rings is 1. The Kier molecular flexibility index (Phi) is 8.86. The lowest BCUT2D eigenvalue weighted by Crippen LogP contribution is -2.41. The first-order valence-electron chi connectivity index (χ1n) is 10.3. The van der Waals surface area contributed by atoms with Crippen molar-refractivity contribution in [2.75, 3.05) is 39.9 Å². The Morgan fingerprint density at radius 1 is 1.33 bits per heavy atom. The second-order valence-corrected chi connectivity index (χ2v) is 8.08. The van der Waals surface area contributed by atoms with Crippen LogP contribution >= 0.6 is 24.0 Å². The third-order valence-electron chi connectivity index (χ3n) is 6.05. The summed E-state index contributed by atoms with van der Waals surface area (Å²) in [6.45, 7) is 9.15. The zero-order chi connectivity index (χ0) is 18.4. The van der Waals surface area contributed by atoms with Gasteiger partial charge in [0.2, 0.25) is 0 Å². The Bertz CT molecular complexity index is 613. The number of guanidine groups is 1. The fourth-order valence-electron chi connectivity index (χ4n) is 4.61. The highest BCUT2D eigenvalue weighted by Crippen LogP contribution is 2.41. The zero-order valence-corrected chi connectivity index (χ0v) is 19.5. The molecule has 0 amide bonds. The van der Waals surface area contributed by atoms with Crippen LogP contribution in [0.4, 0.5) is 0 Å². The number of ether oxygens (including phenoxy) is 1. The summed E-state index contributed by atoms with van der Waals surface area (Å²) in [5, 5.41) is 3.53. The molecule has 1 atom stereocenters. The number of likely N-dealkylation sites (tertiary alicyclic amines) is 1. The second kappa shape index (κ2) is 10.6. The number of aliphatic imine (C=N–C) groups is 1. The van der Waals surface area contributed by atoms with Crippen LogP contribution in [0.25, 0.3) is 0 Å². The molecule has 152 valence electrons. The molecule has 3 rings (SSSR count). The Labute approximate surface area is 182 Å². The molecule has 2 aliphatic rings. The van der Waals surface area contributed by atoms with E-state index in [9.17, 15) is 0 Å². The lowest BCUT2D eigenvalue weighted by Gasteiger charge is -2.30. The number of rotatable bonds is 6. The van der Waals surface area contributed by atoms with Crippen LogP contribution in [0.1, 0.15) is 50.2 Å². The third-order valence-corrected chi connectivity index (χ3v) is 6.05. The summed E-state index contributed by atoms with van der Waals surface area (Å²) in [6.07, 6.45) is 6.35. The minimum Gasteiger partial charge on any atom is -0.384 e. The maximum atomic E-state index is 5.35. The maximum absolute atomic E-state index is 5.35. The number of nitrogens with zero attached hydrogens (tertiary/aromatic N) is 2. The highest BCUT2D eigenvalue weighted by Gasteiger charge is 2.36. The lowest BCUT2D eigenvalue weighted by molar-refractivity contribution is 0.157. The molecule has 1 aliphatic heterocycles. The van der Waals surface area contributed by atoms with E-state index >= 15 is 0 Å². The minimum atomic E-state index is 0. The third kappa shape index (κ3) is 5.59. The summed E-state index contributed by atoms with van der Waals surface area (Å²) in [5.41, 5.74) is 3.05. The lowest BCUT2D eigenvalue weighted by atomic mass is 9.78. The molecule has 0 radical (unpaired) electrons. The van der Waals surface area contributed by atoms with Crippen LogP contribution in [0.5, 0.6) is 0 Å². The van der Waals surface area contributed by atoms with Gasteiger partial charge in [0.05, 0.1) is 13.2 Å². The van der Waals surface area contributed by atoms with Crippen molar-refractivity contribution in [3.63, 3.8) is 0 Å². The predicted octanol–water partition coefficient (Wildman–Crippen LogP) is 4.36. The quantitative estimate of drug-likeness (QED) is 0.370. The van der Waals surface area contributed by atoms with Gasteiger partial charge in [0, 0.05) is 38.1 Å². The van der Waals surface area contributed by atoms with Gasteiger partial charge in [-0.15, -0.1) is 24.0 Å². The van der Waals surface area contributed by atoms with E-state index < -0.39 is 0 Å². The molecule has 2 fully saturated rings. The monoisotopic (exact) mass is 485 g/mol. The first kappa shape index (κ1) is 22.5. The van der Waals surface area contributed by atoms with E-state index in [-0.39, 0.29) is 29.4 Å². The van der Waals surface area contributed by atoms with Gasteiger partial charge in [-0.05, 0) is 38.7 Å². The molecule has 1 saturated carbocycles. The van der Waals surface area contributed by atoms with Gasteiger partial charge < -0.3 is 15.0 Å². The number of methoxy groups -OCH3 is 1. The molecule has 0 bridgehead atoms. The van der Waals surface area contributed by atoms with Crippen molar-refractivity contribution in [2.24, 2.45) is 10.9 Å². The fraction of sp³-hybridized carbons (Fsp3) is 0.682. The van der Waals surface area contributed by atoms with Gasteiger partial charge in [-0.25, -0.2) is 0 Å². The highest BCUT2D eigenvalue weighted by molar-refractivity contribution is 14.0. The Balaban J connectivity index is 0.00000261. The number of hydrogen-bond donors (Lipinski definition) is 1. The topological polar surface area (TPSA) is 36.9 Å². The molecule has 27 heavy (non-hydrogen) atoms. The summed E-state index contributed by atoms with van der Waals surface area (Å²) in [4.78, 5) is 7.56. The average molecular weight is 485 g/mol. The average Bonchev–Trinajstić information content (AvgIpc) is 3.29. The van der Waals surface area contributed by atoms with E-state index in [1.807, 2.05) is 0 Å². The summed E-state index contributed by atoms with van der Waals surface area (Å²) in [7, 11) is 1.80. The van der Waals surface area contributed by atoms with Gasteiger partial charge in [-0.3, -0.25) is 4.99 Å². The van der Waals surface area contributed by atoms with Gasteiger partial charge in [0.1, 0.15) is 0 Å². The number of hydrogen-bond acceptors (Lipinski definition) is 2. The zero-order valence-electron chi connectivity index (χ0n) is 17.2.